The largest absolute Gasteiger partial charge is 0.307 e. The third kappa shape index (κ3) is 4.05. The first-order chi connectivity index (χ1) is 10.1. The number of nitriles is 1. The zero-order chi connectivity index (χ0) is 15.2. The Hall–Kier alpha value is -1.39. The molecule has 0 spiro atoms. The van der Waals surface area contributed by atoms with Crippen LogP contribution < -0.4 is 4.90 Å². The average molecular weight is 455 g/mol. The molecule has 5 heteroatoms. The summed E-state index contributed by atoms with van der Waals surface area (Å²) in [7, 11) is 0. The first-order valence-corrected chi connectivity index (χ1v) is 8.19. The standard InChI is InChI=1S/C16H12BrIN2O/c17-15-8-7-12(18)11-14(15)16(21)20(10-4-9-19)13-5-2-1-3-6-13/h1-3,5-8,11H,4,10H2. The van der Waals surface area contributed by atoms with Crippen molar-refractivity contribution in [3.8, 4) is 6.07 Å². The van der Waals surface area contributed by atoms with Gasteiger partial charge in [0.25, 0.3) is 5.91 Å². The van der Waals surface area contributed by atoms with Gasteiger partial charge in [-0.05, 0) is 68.9 Å². The van der Waals surface area contributed by atoms with Crippen LogP contribution in [0.25, 0.3) is 0 Å². The van der Waals surface area contributed by atoms with Gasteiger partial charge >= 0.3 is 0 Å². The molecular formula is C16H12BrIN2O. The van der Waals surface area contributed by atoms with Crippen molar-refractivity contribution < 1.29 is 4.79 Å². The number of amides is 1. The van der Waals surface area contributed by atoms with E-state index in [0.29, 0.717) is 18.5 Å². The van der Waals surface area contributed by atoms with Crippen LogP contribution in [0, 0.1) is 14.9 Å². The van der Waals surface area contributed by atoms with Crippen LogP contribution in [-0.2, 0) is 0 Å². The van der Waals surface area contributed by atoms with Gasteiger partial charge < -0.3 is 4.90 Å². The molecule has 2 aromatic rings. The van der Waals surface area contributed by atoms with Crippen LogP contribution in [0.1, 0.15) is 16.8 Å². The Kier molecular flexibility index (Phi) is 5.76. The monoisotopic (exact) mass is 454 g/mol. The number of carbonyl (C=O) groups is 1. The maximum atomic E-state index is 12.8. The van der Waals surface area contributed by atoms with Crippen molar-refractivity contribution in [1.82, 2.24) is 0 Å². The summed E-state index contributed by atoms with van der Waals surface area (Å²) in [6.07, 6.45) is 0.294. The van der Waals surface area contributed by atoms with Crippen molar-refractivity contribution in [2.24, 2.45) is 0 Å². The molecule has 0 saturated heterocycles. The zero-order valence-electron chi connectivity index (χ0n) is 11.1. The van der Waals surface area contributed by atoms with Crippen molar-refractivity contribution in [2.75, 3.05) is 11.4 Å². The molecule has 0 radical (unpaired) electrons. The number of carbonyl (C=O) groups excluding carboxylic acids is 1. The molecule has 2 rings (SSSR count). The number of halogens is 2. The molecule has 21 heavy (non-hydrogen) atoms. The second-order valence-corrected chi connectivity index (χ2v) is 6.42. The van der Waals surface area contributed by atoms with Crippen molar-refractivity contribution in [3.63, 3.8) is 0 Å². The lowest BCUT2D eigenvalue weighted by atomic mass is 10.1. The van der Waals surface area contributed by atoms with Crippen LogP contribution >= 0.6 is 38.5 Å². The molecule has 1 amide bonds. The minimum Gasteiger partial charge on any atom is -0.307 e. The van der Waals surface area contributed by atoms with E-state index in [0.717, 1.165) is 13.7 Å². The fourth-order valence-electron chi connectivity index (χ4n) is 1.92. The molecule has 0 bridgehead atoms. The van der Waals surface area contributed by atoms with Gasteiger partial charge in [0.15, 0.2) is 0 Å². The topological polar surface area (TPSA) is 44.1 Å². The summed E-state index contributed by atoms with van der Waals surface area (Å²) in [5, 5.41) is 8.81. The van der Waals surface area contributed by atoms with Gasteiger partial charge in [0, 0.05) is 20.3 Å². The number of anilines is 1. The Morgan fingerprint density at radius 1 is 1.24 bits per heavy atom. The van der Waals surface area contributed by atoms with E-state index in [1.165, 1.54) is 0 Å². The van der Waals surface area contributed by atoms with Crippen LogP contribution in [0.4, 0.5) is 5.69 Å². The molecule has 0 fully saturated rings. The molecule has 0 heterocycles. The highest BCUT2D eigenvalue weighted by atomic mass is 127. The van der Waals surface area contributed by atoms with Crippen LogP contribution in [0.15, 0.2) is 53.0 Å². The van der Waals surface area contributed by atoms with E-state index in [-0.39, 0.29) is 5.91 Å². The summed E-state index contributed by atoms with van der Waals surface area (Å²) < 4.78 is 1.75. The molecule has 0 saturated carbocycles. The number of rotatable bonds is 4. The highest BCUT2D eigenvalue weighted by Crippen LogP contribution is 2.24. The van der Waals surface area contributed by atoms with E-state index in [9.17, 15) is 4.79 Å². The third-order valence-corrected chi connectivity index (χ3v) is 4.28. The molecule has 0 atom stereocenters. The van der Waals surface area contributed by atoms with Gasteiger partial charge in [0.05, 0.1) is 18.1 Å². The fourth-order valence-corrected chi connectivity index (χ4v) is 2.83. The summed E-state index contributed by atoms with van der Waals surface area (Å²) in [6, 6.07) is 17.1. The molecule has 0 aliphatic rings. The quantitative estimate of drug-likeness (QED) is 0.633. The number of para-hydroxylation sites is 1. The van der Waals surface area contributed by atoms with Gasteiger partial charge in [-0.2, -0.15) is 5.26 Å². The predicted molar refractivity (Wildman–Crippen MR) is 95.2 cm³/mol. The van der Waals surface area contributed by atoms with Crippen molar-refractivity contribution >= 4 is 50.1 Å². The molecule has 106 valence electrons. The second-order valence-electron chi connectivity index (χ2n) is 4.32. The lowest BCUT2D eigenvalue weighted by molar-refractivity contribution is 0.0986. The SMILES string of the molecule is N#CCCN(C(=O)c1cc(I)ccc1Br)c1ccccc1. The van der Waals surface area contributed by atoms with Gasteiger partial charge in [-0.1, -0.05) is 18.2 Å². The van der Waals surface area contributed by atoms with Crippen LogP contribution in [-0.4, -0.2) is 12.5 Å². The van der Waals surface area contributed by atoms with Crippen molar-refractivity contribution in [1.29, 1.82) is 5.26 Å². The number of hydrogen-bond donors (Lipinski definition) is 0. The van der Waals surface area contributed by atoms with E-state index < -0.39 is 0 Å². The minimum atomic E-state index is -0.109. The van der Waals surface area contributed by atoms with E-state index in [4.69, 9.17) is 5.26 Å². The molecule has 0 aliphatic carbocycles. The highest BCUT2D eigenvalue weighted by molar-refractivity contribution is 14.1. The Bertz CT molecular complexity index is 682. The van der Waals surface area contributed by atoms with E-state index in [1.807, 2.05) is 48.5 Å². The lowest BCUT2D eigenvalue weighted by Crippen LogP contribution is -2.32. The summed E-state index contributed by atoms with van der Waals surface area (Å²) in [4.78, 5) is 14.4. The van der Waals surface area contributed by atoms with Gasteiger partial charge in [-0.15, -0.1) is 0 Å². The molecule has 0 N–H and O–H groups in total. The van der Waals surface area contributed by atoms with Gasteiger partial charge in [0.1, 0.15) is 0 Å². The maximum absolute atomic E-state index is 12.8. The fraction of sp³-hybridized carbons (Fsp3) is 0.125. The lowest BCUT2D eigenvalue weighted by Gasteiger charge is -2.22. The third-order valence-electron chi connectivity index (χ3n) is 2.92. The Morgan fingerprint density at radius 3 is 2.62 bits per heavy atom. The Balaban J connectivity index is 2.39. The normalized spacial score (nSPS) is 9.95. The summed E-state index contributed by atoms with van der Waals surface area (Å²) in [5.74, 6) is -0.109. The summed E-state index contributed by atoms with van der Waals surface area (Å²) in [6.45, 7) is 0.372. The zero-order valence-corrected chi connectivity index (χ0v) is 14.8. The smallest absolute Gasteiger partial charge is 0.259 e. The number of hydrogen-bond acceptors (Lipinski definition) is 2. The van der Waals surface area contributed by atoms with Gasteiger partial charge in [-0.25, -0.2) is 0 Å². The molecule has 3 nitrogen and oxygen atoms in total. The van der Waals surface area contributed by atoms with Gasteiger partial charge in [-0.3, -0.25) is 4.79 Å². The number of nitrogens with zero attached hydrogens (tertiary/aromatic N) is 2. The van der Waals surface area contributed by atoms with E-state index in [2.05, 4.69) is 44.6 Å². The second kappa shape index (κ2) is 7.57. The van der Waals surface area contributed by atoms with Crippen LogP contribution in [0.5, 0.6) is 0 Å². The highest BCUT2D eigenvalue weighted by Gasteiger charge is 2.19. The summed E-state index contributed by atoms with van der Waals surface area (Å²) in [5.41, 5.74) is 1.40. The molecule has 0 aliphatic heterocycles. The van der Waals surface area contributed by atoms with Gasteiger partial charge in [0.2, 0.25) is 0 Å². The first kappa shape index (κ1) is 16.0. The number of benzene rings is 2. The van der Waals surface area contributed by atoms with Crippen LogP contribution in [0.3, 0.4) is 0 Å². The van der Waals surface area contributed by atoms with Crippen molar-refractivity contribution in [3.05, 3.63) is 62.1 Å². The summed E-state index contributed by atoms with van der Waals surface area (Å²) >= 11 is 5.60. The average Bonchev–Trinajstić information content (AvgIpc) is 2.51. The Labute approximate surface area is 145 Å². The minimum absolute atomic E-state index is 0.109. The molecule has 0 aromatic heterocycles. The van der Waals surface area contributed by atoms with E-state index in [1.54, 1.807) is 4.90 Å². The molecular weight excluding hydrogens is 443 g/mol. The van der Waals surface area contributed by atoms with E-state index >= 15 is 0 Å². The Morgan fingerprint density at radius 2 is 1.95 bits per heavy atom. The van der Waals surface area contributed by atoms with Crippen molar-refractivity contribution in [2.45, 2.75) is 6.42 Å². The maximum Gasteiger partial charge on any atom is 0.259 e. The first-order valence-electron chi connectivity index (χ1n) is 6.32. The molecule has 0 unspecified atom stereocenters. The molecule has 2 aromatic carbocycles. The predicted octanol–water partition coefficient (Wildman–Crippen LogP) is 4.61. The van der Waals surface area contributed by atoms with Crippen LogP contribution in [0.2, 0.25) is 0 Å².